The van der Waals surface area contributed by atoms with Crippen LogP contribution in [0.5, 0.6) is 11.5 Å². The van der Waals surface area contributed by atoms with Crippen molar-refractivity contribution in [3.05, 3.63) is 35.7 Å². The Balaban J connectivity index is 1.27. The molecule has 0 aliphatic carbocycles. The van der Waals surface area contributed by atoms with Crippen molar-refractivity contribution in [3.8, 4) is 11.5 Å². The molecule has 2 aliphatic rings. The van der Waals surface area contributed by atoms with Gasteiger partial charge in [0, 0.05) is 13.1 Å². The quantitative estimate of drug-likeness (QED) is 0.723. The summed E-state index contributed by atoms with van der Waals surface area (Å²) in [5.74, 6) is 1.07. The predicted molar refractivity (Wildman–Crippen MR) is 95.9 cm³/mol. The summed E-state index contributed by atoms with van der Waals surface area (Å²) in [6.45, 7) is 2.05. The second-order valence-electron chi connectivity index (χ2n) is 6.59. The fourth-order valence-corrected chi connectivity index (χ4v) is 3.29. The molecule has 0 bridgehead atoms. The molecule has 2 aromatic rings. The van der Waals surface area contributed by atoms with Gasteiger partial charge in [-0.15, -0.1) is 0 Å². The molecule has 1 atom stereocenters. The first-order valence-electron chi connectivity index (χ1n) is 9.10. The molecular formula is C18H21N5O5. The van der Waals surface area contributed by atoms with Crippen LogP contribution in [0.25, 0.3) is 0 Å². The third-order valence-electron chi connectivity index (χ3n) is 4.72. The van der Waals surface area contributed by atoms with E-state index in [4.69, 9.17) is 14.2 Å². The number of nitrogens with one attached hydrogen (secondary N) is 2. The Morgan fingerprint density at radius 2 is 2.18 bits per heavy atom. The molecule has 1 saturated heterocycles. The van der Waals surface area contributed by atoms with E-state index >= 15 is 0 Å². The summed E-state index contributed by atoms with van der Waals surface area (Å²) in [5, 5.41) is 12.9. The first-order chi connectivity index (χ1) is 13.7. The van der Waals surface area contributed by atoms with Gasteiger partial charge in [-0.2, -0.15) is 15.4 Å². The number of rotatable bonds is 6. The monoisotopic (exact) mass is 387 g/mol. The normalized spacial score (nSPS) is 18.1. The average molecular weight is 387 g/mol. The number of fused-ring (bicyclic) bond motifs is 1. The van der Waals surface area contributed by atoms with Crippen molar-refractivity contribution >= 4 is 11.8 Å². The van der Waals surface area contributed by atoms with E-state index in [-0.39, 0.29) is 36.8 Å². The van der Waals surface area contributed by atoms with Crippen LogP contribution in [0.3, 0.4) is 0 Å². The number of amides is 2. The number of H-pyrrole nitrogens is 1. The van der Waals surface area contributed by atoms with Gasteiger partial charge < -0.3 is 24.4 Å². The Morgan fingerprint density at radius 3 is 3.04 bits per heavy atom. The van der Waals surface area contributed by atoms with Gasteiger partial charge in [0.2, 0.25) is 12.7 Å². The highest BCUT2D eigenvalue weighted by atomic mass is 16.7. The van der Waals surface area contributed by atoms with Gasteiger partial charge in [0.15, 0.2) is 17.2 Å². The Kier molecular flexibility index (Phi) is 5.38. The van der Waals surface area contributed by atoms with Gasteiger partial charge in [0.05, 0.1) is 31.9 Å². The summed E-state index contributed by atoms with van der Waals surface area (Å²) in [7, 11) is 0. The number of ether oxygens (including phenoxy) is 3. The standard InChI is InChI=1S/C18H21N5O5/c24-17(8-12-1-2-15-16(7-12)28-11-27-15)19-4-3-13-10-26-6-5-23(13)18(25)14-9-20-22-21-14/h1-2,7,9,13H,3-6,8,10-11H2,(H,19,24)(H,20,21,22). The lowest BCUT2D eigenvalue weighted by atomic mass is 10.1. The van der Waals surface area contributed by atoms with Crippen LogP contribution < -0.4 is 14.8 Å². The minimum absolute atomic E-state index is 0.0926. The van der Waals surface area contributed by atoms with E-state index in [1.165, 1.54) is 6.20 Å². The minimum Gasteiger partial charge on any atom is -0.454 e. The molecule has 10 nitrogen and oxygen atoms in total. The lowest BCUT2D eigenvalue weighted by Gasteiger charge is -2.35. The summed E-state index contributed by atoms with van der Waals surface area (Å²) in [4.78, 5) is 26.5. The van der Waals surface area contributed by atoms with Gasteiger partial charge >= 0.3 is 0 Å². The highest BCUT2D eigenvalue weighted by Gasteiger charge is 2.29. The lowest BCUT2D eigenvalue weighted by molar-refractivity contribution is -0.120. The molecule has 0 spiro atoms. The highest BCUT2D eigenvalue weighted by molar-refractivity contribution is 5.92. The summed E-state index contributed by atoms with van der Waals surface area (Å²) >= 11 is 0. The van der Waals surface area contributed by atoms with Crippen molar-refractivity contribution in [1.82, 2.24) is 25.6 Å². The van der Waals surface area contributed by atoms with Gasteiger partial charge in [0.1, 0.15) is 0 Å². The second-order valence-corrected chi connectivity index (χ2v) is 6.59. The van der Waals surface area contributed by atoms with E-state index in [2.05, 4.69) is 20.7 Å². The van der Waals surface area contributed by atoms with Crippen LogP contribution >= 0.6 is 0 Å². The zero-order chi connectivity index (χ0) is 19.3. The molecule has 1 unspecified atom stereocenters. The summed E-state index contributed by atoms with van der Waals surface area (Å²) in [6.07, 6.45) is 2.25. The minimum atomic E-state index is -0.186. The maximum atomic E-state index is 12.5. The van der Waals surface area contributed by atoms with Crippen LogP contribution in [0.1, 0.15) is 22.5 Å². The van der Waals surface area contributed by atoms with Crippen LogP contribution in [0.2, 0.25) is 0 Å². The molecule has 1 fully saturated rings. The topological polar surface area (TPSA) is 119 Å². The number of aromatic amines is 1. The molecule has 28 heavy (non-hydrogen) atoms. The maximum Gasteiger partial charge on any atom is 0.276 e. The maximum absolute atomic E-state index is 12.5. The largest absolute Gasteiger partial charge is 0.454 e. The number of hydrogen-bond donors (Lipinski definition) is 2. The van der Waals surface area contributed by atoms with Crippen molar-refractivity contribution in [2.75, 3.05) is 33.1 Å². The summed E-state index contributed by atoms with van der Waals surface area (Å²) in [6, 6.07) is 5.34. The van der Waals surface area contributed by atoms with Crippen molar-refractivity contribution in [1.29, 1.82) is 0 Å². The van der Waals surface area contributed by atoms with Crippen LogP contribution in [-0.4, -0.2) is 71.3 Å². The number of nitrogens with zero attached hydrogens (tertiary/aromatic N) is 3. The van der Waals surface area contributed by atoms with E-state index in [0.29, 0.717) is 44.2 Å². The number of carbonyl (C=O) groups excluding carboxylic acids is 2. The first-order valence-corrected chi connectivity index (χ1v) is 9.10. The number of aromatic nitrogens is 3. The molecule has 0 saturated carbocycles. The van der Waals surface area contributed by atoms with Gasteiger partial charge in [0.25, 0.3) is 5.91 Å². The fraction of sp³-hybridized carbons (Fsp3) is 0.444. The number of benzene rings is 1. The van der Waals surface area contributed by atoms with Gasteiger partial charge in [-0.1, -0.05) is 6.07 Å². The zero-order valence-electron chi connectivity index (χ0n) is 15.2. The van der Waals surface area contributed by atoms with E-state index < -0.39 is 0 Å². The van der Waals surface area contributed by atoms with Crippen molar-refractivity contribution < 1.29 is 23.8 Å². The third-order valence-corrected chi connectivity index (χ3v) is 4.72. The SMILES string of the molecule is O=C(Cc1ccc2c(c1)OCO2)NCCC1COCCN1C(=O)c1cn[nH]n1. The molecule has 148 valence electrons. The Bertz CT molecular complexity index is 841. The van der Waals surface area contributed by atoms with Crippen molar-refractivity contribution in [2.45, 2.75) is 18.9 Å². The average Bonchev–Trinajstić information content (AvgIpc) is 3.39. The molecule has 4 rings (SSSR count). The van der Waals surface area contributed by atoms with E-state index in [1.807, 2.05) is 12.1 Å². The van der Waals surface area contributed by atoms with Gasteiger partial charge in [-0.05, 0) is 24.1 Å². The molecule has 2 amide bonds. The lowest BCUT2D eigenvalue weighted by Crippen LogP contribution is -2.50. The summed E-state index contributed by atoms with van der Waals surface area (Å²) < 4.78 is 16.1. The second kappa shape index (κ2) is 8.26. The molecular weight excluding hydrogens is 366 g/mol. The van der Waals surface area contributed by atoms with Crippen molar-refractivity contribution in [3.63, 3.8) is 0 Å². The van der Waals surface area contributed by atoms with Crippen LogP contribution in [0.15, 0.2) is 24.4 Å². The Hall–Kier alpha value is -3.14. The fourth-order valence-electron chi connectivity index (χ4n) is 3.29. The molecule has 2 aliphatic heterocycles. The van der Waals surface area contributed by atoms with Gasteiger partial charge in [-0.3, -0.25) is 9.59 Å². The van der Waals surface area contributed by atoms with Gasteiger partial charge in [-0.25, -0.2) is 0 Å². The molecule has 3 heterocycles. The van der Waals surface area contributed by atoms with Crippen molar-refractivity contribution in [2.24, 2.45) is 0 Å². The van der Waals surface area contributed by atoms with Crippen LogP contribution in [-0.2, 0) is 16.0 Å². The molecule has 1 aromatic carbocycles. The highest BCUT2D eigenvalue weighted by Crippen LogP contribution is 2.32. The van der Waals surface area contributed by atoms with E-state index in [9.17, 15) is 9.59 Å². The number of carbonyl (C=O) groups is 2. The first kappa shape index (κ1) is 18.2. The summed E-state index contributed by atoms with van der Waals surface area (Å²) in [5.41, 5.74) is 1.13. The molecule has 1 aromatic heterocycles. The molecule has 0 radical (unpaired) electrons. The smallest absolute Gasteiger partial charge is 0.276 e. The molecule has 2 N–H and O–H groups in total. The zero-order valence-corrected chi connectivity index (χ0v) is 15.2. The number of morpholine rings is 1. The van der Waals surface area contributed by atoms with Crippen LogP contribution in [0.4, 0.5) is 0 Å². The molecule has 10 heteroatoms. The van der Waals surface area contributed by atoms with E-state index in [1.54, 1.807) is 11.0 Å². The Morgan fingerprint density at radius 1 is 1.29 bits per heavy atom. The number of hydrogen-bond acceptors (Lipinski definition) is 7. The van der Waals surface area contributed by atoms with Crippen LogP contribution in [0, 0.1) is 0 Å². The predicted octanol–water partition coefficient (Wildman–Crippen LogP) is 0.123. The van der Waals surface area contributed by atoms with E-state index in [0.717, 1.165) is 5.56 Å². The third kappa shape index (κ3) is 4.06. The Labute approximate surface area is 161 Å².